The minimum Gasteiger partial charge on any atom is -0.492 e. The summed E-state index contributed by atoms with van der Waals surface area (Å²) in [4.78, 5) is 11.7. The second kappa shape index (κ2) is 8.66. The summed E-state index contributed by atoms with van der Waals surface area (Å²) >= 11 is 5.89. The lowest BCUT2D eigenvalue weighted by Gasteiger charge is -2.13. The number of aliphatic hydroxyl groups excluding tert-OH is 1. The quantitative estimate of drug-likeness (QED) is 0.725. The van der Waals surface area contributed by atoms with Crippen molar-refractivity contribution >= 4 is 23.3 Å². The minimum atomic E-state index is -0.384. The number of rotatable bonds is 7. The molecule has 0 heterocycles. The normalized spacial score (nSPS) is 11.8. The number of halogens is 1. The molecule has 1 unspecified atom stereocenters. The highest BCUT2D eigenvalue weighted by atomic mass is 35.5. The first-order valence-corrected chi connectivity index (χ1v) is 7.09. The number of ether oxygens (including phenoxy) is 1. The number of carbonyl (C=O) groups is 1. The lowest BCUT2D eigenvalue weighted by atomic mass is 10.2. The minimum absolute atomic E-state index is 0.337. The van der Waals surface area contributed by atoms with E-state index in [0.29, 0.717) is 42.5 Å². The second-order valence-electron chi connectivity index (χ2n) is 4.31. The number of benzene rings is 1. The maximum absolute atomic E-state index is 11.7. The molecule has 6 heteroatoms. The molecule has 3 N–H and O–H groups in total. The Bertz CT molecular complexity index is 440. The highest BCUT2D eigenvalue weighted by Gasteiger charge is 2.09. The molecule has 0 aliphatic carbocycles. The third-order valence-corrected chi connectivity index (χ3v) is 2.96. The van der Waals surface area contributed by atoms with Gasteiger partial charge >= 0.3 is 6.03 Å². The summed E-state index contributed by atoms with van der Waals surface area (Å²) in [7, 11) is 0. The monoisotopic (exact) mass is 300 g/mol. The van der Waals surface area contributed by atoms with Crippen LogP contribution in [0.1, 0.15) is 26.7 Å². The van der Waals surface area contributed by atoms with Crippen LogP contribution in [0.5, 0.6) is 5.75 Å². The number of aliphatic hydroxyl groups is 1. The molecule has 1 rings (SSSR count). The first-order valence-electron chi connectivity index (χ1n) is 6.72. The van der Waals surface area contributed by atoms with Crippen LogP contribution in [0.15, 0.2) is 18.2 Å². The second-order valence-corrected chi connectivity index (χ2v) is 4.74. The molecule has 0 radical (unpaired) electrons. The zero-order valence-electron chi connectivity index (χ0n) is 11.8. The highest BCUT2D eigenvalue weighted by molar-refractivity contribution is 6.30. The number of carbonyl (C=O) groups excluding carboxylic acids is 1. The average molecular weight is 301 g/mol. The van der Waals surface area contributed by atoms with E-state index in [4.69, 9.17) is 16.3 Å². The molecule has 0 bridgehead atoms. The molecule has 1 atom stereocenters. The van der Waals surface area contributed by atoms with E-state index < -0.39 is 0 Å². The van der Waals surface area contributed by atoms with Crippen molar-refractivity contribution in [3.63, 3.8) is 0 Å². The van der Waals surface area contributed by atoms with Gasteiger partial charge in [-0.05, 0) is 31.9 Å². The molecule has 0 aliphatic heterocycles. The van der Waals surface area contributed by atoms with Gasteiger partial charge in [-0.1, -0.05) is 18.5 Å². The maximum Gasteiger partial charge on any atom is 0.319 e. The van der Waals surface area contributed by atoms with Crippen LogP contribution in [0.25, 0.3) is 0 Å². The van der Waals surface area contributed by atoms with Crippen molar-refractivity contribution in [2.45, 2.75) is 32.8 Å². The van der Waals surface area contributed by atoms with E-state index in [1.807, 2.05) is 13.8 Å². The molecule has 20 heavy (non-hydrogen) atoms. The Morgan fingerprint density at radius 1 is 1.45 bits per heavy atom. The molecular weight excluding hydrogens is 280 g/mol. The number of nitrogens with one attached hydrogen (secondary N) is 2. The summed E-state index contributed by atoms with van der Waals surface area (Å²) in [5.41, 5.74) is 0.560. The highest BCUT2D eigenvalue weighted by Crippen LogP contribution is 2.28. The zero-order chi connectivity index (χ0) is 15.0. The van der Waals surface area contributed by atoms with Crippen LogP contribution in [-0.4, -0.2) is 30.4 Å². The summed E-state index contributed by atoms with van der Waals surface area (Å²) in [5, 5.41) is 15.3. The predicted octanol–water partition coefficient (Wildman–Crippen LogP) is 3.02. The molecule has 5 nitrogen and oxygen atoms in total. The smallest absolute Gasteiger partial charge is 0.319 e. The van der Waals surface area contributed by atoms with E-state index in [1.165, 1.54) is 0 Å². The average Bonchev–Trinajstić information content (AvgIpc) is 2.42. The number of anilines is 1. The Kier molecular flexibility index (Phi) is 7.18. The SMILES string of the molecule is CCOc1cc(Cl)ccc1NC(=O)NCCC(O)CC. The van der Waals surface area contributed by atoms with Crippen LogP contribution in [0, 0.1) is 0 Å². The van der Waals surface area contributed by atoms with Gasteiger partial charge in [0.25, 0.3) is 0 Å². The van der Waals surface area contributed by atoms with Crippen LogP contribution >= 0.6 is 11.6 Å². The summed E-state index contributed by atoms with van der Waals surface area (Å²) in [6.07, 6.45) is 0.822. The van der Waals surface area contributed by atoms with Gasteiger partial charge in [0, 0.05) is 17.6 Å². The van der Waals surface area contributed by atoms with Gasteiger partial charge in [0.1, 0.15) is 5.75 Å². The molecule has 112 valence electrons. The van der Waals surface area contributed by atoms with E-state index in [1.54, 1.807) is 18.2 Å². The molecule has 2 amide bonds. The van der Waals surface area contributed by atoms with Gasteiger partial charge in [-0.2, -0.15) is 0 Å². The van der Waals surface area contributed by atoms with Crippen LogP contribution in [0.3, 0.4) is 0 Å². The number of amides is 2. The Labute approximate surface area is 124 Å². The van der Waals surface area contributed by atoms with Gasteiger partial charge in [0.05, 0.1) is 18.4 Å². The third kappa shape index (κ3) is 5.67. The van der Waals surface area contributed by atoms with E-state index in [0.717, 1.165) is 0 Å². The lowest BCUT2D eigenvalue weighted by molar-refractivity contribution is 0.160. The molecule has 0 saturated heterocycles. The van der Waals surface area contributed by atoms with Crippen molar-refractivity contribution in [2.24, 2.45) is 0 Å². The summed E-state index contributed by atoms with van der Waals surface area (Å²) in [6, 6.07) is 4.69. The first kappa shape index (κ1) is 16.6. The number of hydrogen-bond donors (Lipinski definition) is 3. The molecule has 0 saturated carbocycles. The Morgan fingerprint density at radius 3 is 2.85 bits per heavy atom. The Balaban J connectivity index is 2.52. The van der Waals surface area contributed by atoms with Gasteiger partial charge in [0.2, 0.25) is 0 Å². The summed E-state index contributed by atoms with van der Waals surface area (Å²) in [5.74, 6) is 0.531. The van der Waals surface area contributed by atoms with E-state index in [9.17, 15) is 9.90 Å². The van der Waals surface area contributed by atoms with Crippen LogP contribution < -0.4 is 15.4 Å². The van der Waals surface area contributed by atoms with Crippen molar-refractivity contribution in [1.82, 2.24) is 5.32 Å². The summed E-state index contributed by atoms with van der Waals surface area (Å²) in [6.45, 7) is 4.65. The van der Waals surface area contributed by atoms with E-state index >= 15 is 0 Å². The van der Waals surface area contributed by atoms with Gasteiger partial charge in [0.15, 0.2) is 0 Å². The molecule has 0 aliphatic rings. The van der Waals surface area contributed by atoms with Crippen molar-refractivity contribution in [3.8, 4) is 5.75 Å². The fraction of sp³-hybridized carbons (Fsp3) is 0.500. The van der Waals surface area contributed by atoms with Crippen molar-refractivity contribution in [1.29, 1.82) is 0 Å². The molecule has 1 aromatic carbocycles. The third-order valence-electron chi connectivity index (χ3n) is 2.73. The van der Waals surface area contributed by atoms with Crippen LogP contribution in [0.4, 0.5) is 10.5 Å². The fourth-order valence-electron chi connectivity index (χ4n) is 1.60. The van der Waals surface area contributed by atoms with Gasteiger partial charge in [-0.15, -0.1) is 0 Å². The number of hydrogen-bond acceptors (Lipinski definition) is 3. The topological polar surface area (TPSA) is 70.6 Å². The summed E-state index contributed by atoms with van der Waals surface area (Å²) < 4.78 is 5.41. The van der Waals surface area contributed by atoms with Crippen LogP contribution in [0.2, 0.25) is 5.02 Å². The van der Waals surface area contributed by atoms with Gasteiger partial charge < -0.3 is 20.5 Å². The zero-order valence-corrected chi connectivity index (χ0v) is 12.5. The fourth-order valence-corrected chi connectivity index (χ4v) is 1.76. The van der Waals surface area contributed by atoms with E-state index in [-0.39, 0.29) is 12.1 Å². The number of urea groups is 1. The predicted molar refractivity (Wildman–Crippen MR) is 80.6 cm³/mol. The van der Waals surface area contributed by atoms with Gasteiger partial charge in [-0.3, -0.25) is 0 Å². The van der Waals surface area contributed by atoms with Crippen molar-refractivity contribution in [2.75, 3.05) is 18.5 Å². The maximum atomic E-state index is 11.7. The van der Waals surface area contributed by atoms with Crippen molar-refractivity contribution < 1.29 is 14.6 Å². The standard InChI is InChI=1S/C14H21ClN2O3/c1-3-11(18)7-8-16-14(19)17-12-6-5-10(15)9-13(12)20-4-2/h5-6,9,11,18H,3-4,7-8H2,1-2H3,(H2,16,17,19). The van der Waals surface area contributed by atoms with Crippen molar-refractivity contribution in [3.05, 3.63) is 23.2 Å². The molecule has 0 spiro atoms. The first-order chi connectivity index (χ1) is 9.56. The molecule has 1 aromatic rings. The van der Waals surface area contributed by atoms with Gasteiger partial charge in [-0.25, -0.2) is 4.79 Å². The molecule has 0 fully saturated rings. The van der Waals surface area contributed by atoms with Crippen LogP contribution in [-0.2, 0) is 0 Å². The molecular formula is C14H21ClN2O3. The lowest BCUT2D eigenvalue weighted by Crippen LogP contribution is -2.31. The van der Waals surface area contributed by atoms with E-state index in [2.05, 4.69) is 10.6 Å². The molecule has 0 aromatic heterocycles. The Hall–Kier alpha value is -1.46. The largest absolute Gasteiger partial charge is 0.492 e. The Morgan fingerprint density at radius 2 is 2.20 bits per heavy atom.